The summed E-state index contributed by atoms with van der Waals surface area (Å²) in [6.45, 7) is 6.14. The van der Waals surface area contributed by atoms with Crippen LogP contribution in [0.2, 0.25) is 0 Å². The van der Waals surface area contributed by atoms with Crippen molar-refractivity contribution in [2.75, 3.05) is 5.32 Å². The first-order valence-electron chi connectivity index (χ1n) is 5.39. The maximum absolute atomic E-state index is 5.44. The number of aryl methyl sites for hydroxylation is 3. The summed E-state index contributed by atoms with van der Waals surface area (Å²) >= 11 is 0. The van der Waals surface area contributed by atoms with E-state index in [-0.39, 0.29) is 6.04 Å². The Labute approximate surface area is 95.3 Å². The summed E-state index contributed by atoms with van der Waals surface area (Å²) in [7, 11) is 1.93. The van der Waals surface area contributed by atoms with Gasteiger partial charge in [-0.15, -0.1) is 0 Å². The normalized spacial score (nSPS) is 12.8. The van der Waals surface area contributed by atoms with Crippen molar-refractivity contribution in [3.8, 4) is 0 Å². The number of furan rings is 1. The monoisotopic (exact) mass is 219 g/mol. The highest BCUT2D eigenvalue weighted by Gasteiger charge is 2.13. The Bertz CT molecular complexity index is 465. The Morgan fingerprint density at radius 3 is 2.69 bits per heavy atom. The summed E-state index contributed by atoms with van der Waals surface area (Å²) in [6, 6.07) is 4.12. The minimum absolute atomic E-state index is 0.129. The molecule has 2 aromatic rings. The van der Waals surface area contributed by atoms with Crippen LogP contribution in [0.25, 0.3) is 0 Å². The van der Waals surface area contributed by atoms with Gasteiger partial charge >= 0.3 is 0 Å². The largest absolute Gasteiger partial charge is 0.467 e. The van der Waals surface area contributed by atoms with Gasteiger partial charge in [0, 0.05) is 18.8 Å². The number of rotatable bonds is 3. The molecule has 0 aliphatic carbocycles. The van der Waals surface area contributed by atoms with E-state index in [4.69, 9.17) is 4.42 Å². The number of nitrogens with zero attached hydrogens (tertiary/aromatic N) is 2. The van der Waals surface area contributed by atoms with Crippen LogP contribution in [0.15, 0.2) is 22.8 Å². The van der Waals surface area contributed by atoms with Gasteiger partial charge < -0.3 is 9.73 Å². The summed E-state index contributed by atoms with van der Waals surface area (Å²) < 4.78 is 7.29. The fourth-order valence-corrected chi connectivity index (χ4v) is 1.75. The van der Waals surface area contributed by atoms with Gasteiger partial charge in [0.05, 0.1) is 12.3 Å². The zero-order valence-corrected chi connectivity index (χ0v) is 10.1. The van der Waals surface area contributed by atoms with Crippen molar-refractivity contribution in [1.29, 1.82) is 0 Å². The van der Waals surface area contributed by atoms with Gasteiger partial charge in [-0.25, -0.2) is 0 Å². The van der Waals surface area contributed by atoms with Gasteiger partial charge in [-0.1, -0.05) is 0 Å². The molecule has 0 spiro atoms. The highest BCUT2D eigenvalue weighted by atomic mass is 16.3. The number of nitrogens with one attached hydrogen (secondary N) is 1. The summed E-state index contributed by atoms with van der Waals surface area (Å²) in [4.78, 5) is 0. The van der Waals surface area contributed by atoms with Crippen LogP contribution in [-0.2, 0) is 7.05 Å². The molecule has 4 heteroatoms. The molecular formula is C12H17N3O. The molecule has 0 radical (unpaired) electrons. The standard InChI is InChI=1S/C12H17N3O/c1-8-5-6-16-12(8)10(3)13-11-7-9(2)15(4)14-11/h5-7,10H,1-4H3,(H,13,14). The van der Waals surface area contributed by atoms with Gasteiger partial charge in [0.2, 0.25) is 0 Å². The predicted molar refractivity (Wildman–Crippen MR) is 63.4 cm³/mol. The second-order valence-electron chi connectivity index (χ2n) is 4.13. The third kappa shape index (κ3) is 1.96. The third-order valence-electron chi connectivity index (χ3n) is 2.77. The molecule has 16 heavy (non-hydrogen) atoms. The molecule has 0 aromatic carbocycles. The summed E-state index contributed by atoms with van der Waals surface area (Å²) in [5, 5.41) is 7.67. The third-order valence-corrected chi connectivity index (χ3v) is 2.77. The Morgan fingerprint density at radius 2 is 2.19 bits per heavy atom. The molecule has 0 aliphatic rings. The zero-order valence-electron chi connectivity index (χ0n) is 10.1. The quantitative estimate of drug-likeness (QED) is 0.863. The molecule has 86 valence electrons. The number of hydrogen-bond donors (Lipinski definition) is 1. The van der Waals surface area contributed by atoms with E-state index in [0.29, 0.717) is 0 Å². The second kappa shape index (κ2) is 4.04. The molecule has 4 nitrogen and oxygen atoms in total. The van der Waals surface area contributed by atoms with E-state index in [2.05, 4.69) is 17.3 Å². The number of anilines is 1. The van der Waals surface area contributed by atoms with Gasteiger partial charge in [0.15, 0.2) is 0 Å². The second-order valence-corrected chi connectivity index (χ2v) is 4.13. The predicted octanol–water partition coefficient (Wildman–Crippen LogP) is 2.80. The van der Waals surface area contributed by atoms with E-state index in [9.17, 15) is 0 Å². The average molecular weight is 219 g/mol. The average Bonchev–Trinajstić information content (AvgIpc) is 2.74. The Morgan fingerprint density at radius 1 is 1.44 bits per heavy atom. The van der Waals surface area contributed by atoms with Crippen molar-refractivity contribution in [2.45, 2.75) is 26.8 Å². The molecule has 0 aliphatic heterocycles. The molecule has 1 unspecified atom stereocenters. The zero-order chi connectivity index (χ0) is 11.7. The molecule has 1 N–H and O–H groups in total. The van der Waals surface area contributed by atoms with E-state index in [1.165, 1.54) is 0 Å². The molecule has 2 heterocycles. The van der Waals surface area contributed by atoms with Gasteiger partial charge in [0.25, 0.3) is 0 Å². The van der Waals surface area contributed by atoms with Crippen LogP contribution < -0.4 is 5.32 Å². The lowest BCUT2D eigenvalue weighted by Crippen LogP contribution is -2.07. The summed E-state index contributed by atoms with van der Waals surface area (Å²) in [5.74, 6) is 1.84. The van der Waals surface area contributed by atoms with E-state index < -0.39 is 0 Å². The van der Waals surface area contributed by atoms with Crippen molar-refractivity contribution in [3.63, 3.8) is 0 Å². The molecule has 2 aromatic heterocycles. The van der Waals surface area contributed by atoms with Crippen LogP contribution in [0.4, 0.5) is 5.82 Å². The fraction of sp³-hybridized carbons (Fsp3) is 0.417. The van der Waals surface area contributed by atoms with Crippen LogP contribution in [0.3, 0.4) is 0 Å². The molecule has 0 amide bonds. The van der Waals surface area contributed by atoms with Crippen molar-refractivity contribution >= 4 is 5.82 Å². The maximum atomic E-state index is 5.44. The fourth-order valence-electron chi connectivity index (χ4n) is 1.75. The SMILES string of the molecule is Cc1ccoc1C(C)Nc1cc(C)n(C)n1. The van der Waals surface area contributed by atoms with Crippen LogP contribution >= 0.6 is 0 Å². The first-order valence-corrected chi connectivity index (χ1v) is 5.39. The van der Waals surface area contributed by atoms with Gasteiger partial charge in [-0.3, -0.25) is 4.68 Å². The summed E-state index contributed by atoms with van der Waals surface area (Å²) in [5.41, 5.74) is 2.29. The van der Waals surface area contributed by atoms with E-state index in [1.54, 1.807) is 6.26 Å². The van der Waals surface area contributed by atoms with Crippen LogP contribution in [-0.4, -0.2) is 9.78 Å². The topological polar surface area (TPSA) is 43.0 Å². The van der Waals surface area contributed by atoms with Crippen molar-refractivity contribution in [2.24, 2.45) is 7.05 Å². The van der Waals surface area contributed by atoms with E-state index >= 15 is 0 Å². The van der Waals surface area contributed by atoms with E-state index in [0.717, 1.165) is 22.8 Å². The molecule has 0 fully saturated rings. The van der Waals surface area contributed by atoms with Crippen LogP contribution in [0, 0.1) is 13.8 Å². The van der Waals surface area contributed by atoms with Crippen LogP contribution in [0.5, 0.6) is 0 Å². The first-order chi connectivity index (χ1) is 7.58. The van der Waals surface area contributed by atoms with Crippen molar-refractivity contribution < 1.29 is 4.42 Å². The maximum Gasteiger partial charge on any atom is 0.148 e. The molecule has 0 bridgehead atoms. The molecule has 2 rings (SSSR count). The van der Waals surface area contributed by atoms with Gasteiger partial charge in [-0.05, 0) is 32.4 Å². The van der Waals surface area contributed by atoms with E-state index in [1.807, 2.05) is 37.7 Å². The molecular weight excluding hydrogens is 202 g/mol. The number of aromatic nitrogens is 2. The Kier molecular flexibility index (Phi) is 2.73. The highest BCUT2D eigenvalue weighted by molar-refractivity contribution is 5.38. The lowest BCUT2D eigenvalue weighted by molar-refractivity contribution is 0.487. The van der Waals surface area contributed by atoms with Gasteiger partial charge in [-0.2, -0.15) is 5.10 Å². The summed E-state index contributed by atoms with van der Waals surface area (Å²) in [6.07, 6.45) is 1.71. The lowest BCUT2D eigenvalue weighted by atomic mass is 10.2. The Hall–Kier alpha value is -1.71. The highest BCUT2D eigenvalue weighted by Crippen LogP contribution is 2.22. The first kappa shape index (κ1) is 10.8. The smallest absolute Gasteiger partial charge is 0.148 e. The lowest BCUT2D eigenvalue weighted by Gasteiger charge is -2.11. The minimum atomic E-state index is 0.129. The van der Waals surface area contributed by atoms with Crippen molar-refractivity contribution in [3.05, 3.63) is 35.4 Å². The van der Waals surface area contributed by atoms with Crippen molar-refractivity contribution in [1.82, 2.24) is 9.78 Å². The Balaban J connectivity index is 2.13. The molecule has 0 saturated carbocycles. The van der Waals surface area contributed by atoms with Gasteiger partial charge in [0.1, 0.15) is 11.6 Å². The van der Waals surface area contributed by atoms with Crippen LogP contribution in [0.1, 0.15) is 30.0 Å². The molecule has 1 atom stereocenters. The number of hydrogen-bond acceptors (Lipinski definition) is 3. The minimum Gasteiger partial charge on any atom is -0.467 e. The molecule has 0 saturated heterocycles.